The predicted octanol–water partition coefficient (Wildman–Crippen LogP) is 4.32. The number of benzene rings is 1. The fraction of sp³-hybridized carbons (Fsp3) is 0.154. The van der Waals surface area contributed by atoms with Crippen LogP contribution in [0.15, 0.2) is 51.7 Å². The summed E-state index contributed by atoms with van der Waals surface area (Å²) in [6.07, 6.45) is 3.57. The first-order valence-electron chi connectivity index (χ1n) is 5.16. The molecule has 0 aliphatic heterocycles. The molecule has 0 aliphatic carbocycles. The summed E-state index contributed by atoms with van der Waals surface area (Å²) in [5.74, 6) is 0. The van der Waals surface area contributed by atoms with Crippen molar-refractivity contribution in [2.75, 3.05) is 0 Å². The Morgan fingerprint density at radius 2 is 1.88 bits per heavy atom. The van der Waals surface area contributed by atoms with E-state index in [4.69, 9.17) is 4.74 Å². The van der Waals surface area contributed by atoms with Gasteiger partial charge in [-0.05, 0) is 39.2 Å². The molecule has 0 aliphatic rings. The Morgan fingerprint density at radius 3 is 2.65 bits per heavy atom. The lowest BCUT2D eigenvalue weighted by molar-refractivity contribution is 0.106. The Balaban J connectivity index is 1.90. The Hall–Kier alpha value is -0.710. The molecule has 17 heavy (non-hydrogen) atoms. The summed E-state index contributed by atoms with van der Waals surface area (Å²) in [7, 11) is 0. The number of rotatable bonds is 4. The van der Waals surface area contributed by atoms with E-state index in [0.717, 1.165) is 20.1 Å². The quantitative estimate of drug-likeness (QED) is 0.813. The van der Waals surface area contributed by atoms with E-state index in [2.05, 4.69) is 36.8 Å². The van der Waals surface area contributed by atoms with Gasteiger partial charge in [0.1, 0.15) is 0 Å². The van der Waals surface area contributed by atoms with Crippen LogP contribution < -0.4 is 0 Å². The Morgan fingerprint density at radius 1 is 1.06 bits per heavy atom. The van der Waals surface area contributed by atoms with Gasteiger partial charge >= 0.3 is 0 Å². The van der Waals surface area contributed by atoms with Crippen LogP contribution in [-0.4, -0.2) is 4.98 Å². The Kier molecular flexibility index (Phi) is 4.71. The highest BCUT2D eigenvalue weighted by atomic mass is 79.9. The molecule has 0 unspecified atom stereocenters. The molecule has 2 rings (SSSR count). The SMILES string of the molecule is Brc1cncc(COCc2ccccc2Br)c1. The van der Waals surface area contributed by atoms with Gasteiger partial charge < -0.3 is 4.74 Å². The number of nitrogens with zero attached hydrogens (tertiary/aromatic N) is 1. The molecule has 0 amide bonds. The summed E-state index contributed by atoms with van der Waals surface area (Å²) in [6, 6.07) is 10.1. The van der Waals surface area contributed by atoms with Crippen LogP contribution in [0.5, 0.6) is 0 Å². The summed E-state index contributed by atoms with van der Waals surface area (Å²) < 4.78 is 7.70. The van der Waals surface area contributed by atoms with Crippen molar-refractivity contribution in [1.82, 2.24) is 4.98 Å². The Labute approximate surface area is 117 Å². The Bertz CT molecular complexity index is 502. The highest BCUT2D eigenvalue weighted by molar-refractivity contribution is 9.10. The van der Waals surface area contributed by atoms with Crippen LogP contribution in [0.25, 0.3) is 0 Å². The van der Waals surface area contributed by atoms with Crippen molar-refractivity contribution in [3.8, 4) is 0 Å². The molecule has 1 aromatic heterocycles. The maximum atomic E-state index is 5.65. The number of hydrogen-bond acceptors (Lipinski definition) is 2. The monoisotopic (exact) mass is 355 g/mol. The normalized spacial score (nSPS) is 10.5. The van der Waals surface area contributed by atoms with Crippen molar-refractivity contribution in [3.63, 3.8) is 0 Å². The molecule has 0 atom stereocenters. The van der Waals surface area contributed by atoms with Crippen molar-refractivity contribution in [2.45, 2.75) is 13.2 Å². The third-order valence-electron chi connectivity index (χ3n) is 2.25. The molecule has 2 nitrogen and oxygen atoms in total. The first kappa shape index (κ1) is 12.7. The molecule has 0 saturated carbocycles. The third kappa shape index (κ3) is 3.91. The van der Waals surface area contributed by atoms with E-state index in [9.17, 15) is 0 Å². The van der Waals surface area contributed by atoms with Gasteiger partial charge in [-0.25, -0.2) is 0 Å². The van der Waals surface area contributed by atoms with Crippen LogP contribution in [0.1, 0.15) is 11.1 Å². The van der Waals surface area contributed by atoms with Gasteiger partial charge in [0, 0.05) is 21.3 Å². The van der Waals surface area contributed by atoms with E-state index in [1.807, 2.05) is 36.5 Å². The smallest absolute Gasteiger partial charge is 0.0736 e. The standard InChI is InChI=1S/C13H11Br2NO/c14-12-5-10(6-16-7-12)8-17-9-11-3-1-2-4-13(11)15/h1-7H,8-9H2. The molecule has 1 heterocycles. The average molecular weight is 357 g/mol. The molecule has 0 radical (unpaired) electrons. The number of aromatic nitrogens is 1. The molecule has 88 valence electrons. The van der Waals surface area contributed by atoms with Gasteiger partial charge in [0.05, 0.1) is 13.2 Å². The van der Waals surface area contributed by atoms with Gasteiger partial charge in [0.2, 0.25) is 0 Å². The molecule has 2 aromatic rings. The topological polar surface area (TPSA) is 22.1 Å². The zero-order valence-electron chi connectivity index (χ0n) is 9.07. The van der Waals surface area contributed by atoms with Gasteiger partial charge in [-0.2, -0.15) is 0 Å². The molecule has 0 fully saturated rings. The highest BCUT2D eigenvalue weighted by Gasteiger charge is 1.99. The number of pyridine rings is 1. The minimum absolute atomic E-state index is 0.563. The molecular weight excluding hydrogens is 346 g/mol. The minimum atomic E-state index is 0.563. The average Bonchev–Trinajstić information content (AvgIpc) is 2.32. The summed E-state index contributed by atoms with van der Waals surface area (Å²) in [4.78, 5) is 4.09. The maximum Gasteiger partial charge on any atom is 0.0736 e. The molecule has 0 bridgehead atoms. The van der Waals surface area contributed by atoms with Crippen molar-refractivity contribution >= 4 is 31.9 Å². The second-order valence-corrected chi connectivity index (χ2v) is 5.37. The van der Waals surface area contributed by atoms with Crippen LogP contribution in [-0.2, 0) is 18.0 Å². The lowest BCUT2D eigenvalue weighted by Gasteiger charge is -2.06. The lowest BCUT2D eigenvalue weighted by Crippen LogP contribution is -1.95. The summed E-state index contributed by atoms with van der Waals surface area (Å²) in [5.41, 5.74) is 2.21. The minimum Gasteiger partial charge on any atom is -0.372 e. The zero-order valence-corrected chi connectivity index (χ0v) is 12.2. The lowest BCUT2D eigenvalue weighted by atomic mass is 10.2. The molecular formula is C13H11Br2NO. The van der Waals surface area contributed by atoms with Crippen LogP contribution in [0.4, 0.5) is 0 Å². The van der Waals surface area contributed by atoms with Gasteiger partial charge in [0.25, 0.3) is 0 Å². The second kappa shape index (κ2) is 6.28. The van der Waals surface area contributed by atoms with E-state index >= 15 is 0 Å². The first-order chi connectivity index (χ1) is 8.25. The summed E-state index contributed by atoms with van der Waals surface area (Å²) in [6.45, 7) is 1.15. The number of halogens is 2. The second-order valence-electron chi connectivity index (χ2n) is 3.60. The van der Waals surface area contributed by atoms with E-state index < -0.39 is 0 Å². The van der Waals surface area contributed by atoms with Gasteiger partial charge in [0.15, 0.2) is 0 Å². The third-order valence-corrected chi connectivity index (χ3v) is 3.45. The van der Waals surface area contributed by atoms with E-state index in [1.165, 1.54) is 0 Å². The van der Waals surface area contributed by atoms with Crippen LogP contribution >= 0.6 is 31.9 Å². The van der Waals surface area contributed by atoms with Crippen LogP contribution in [0.2, 0.25) is 0 Å². The fourth-order valence-corrected chi connectivity index (χ4v) is 2.24. The van der Waals surface area contributed by atoms with Crippen LogP contribution in [0, 0.1) is 0 Å². The highest BCUT2D eigenvalue weighted by Crippen LogP contribution is 2.17. The maximum absolute atomic E-state index is 5.65. The van der Waals surface area contributed by atoms with Gasteiger partial charge in [-0.1, -0.05) is 34.1 Å². The van der Waals surface area contributed by atoms with Crippen molar-refractivity contribution in [2.24, 2.45) is 0 Å². The fourth-order valence-electron chi connectivity index (χ4n) is 1.43. The zero-order chi connectivity index (χ0) is 12.1. The molecule has 0 saturated heterocycles. The largest absolute Gasteiger partial charge is 0.372 e. The van der Waals surface area contributed by atoms with Crippen molar-refractivity contribution < 1.29 is 4.74 Å². The number of hydrogen-bond donors (Lipinski definition) is 0. The van der Waals surface area contributed by atoms with E-state index in [0.29, 0.717) is 13.2 Å². The first-order valence-corrected chi connectivity index (χ1v) is 6.75. The van der Waals surface area contributed by atoms with E-state index in [1.54, 1.807) is 6.20 Å². The molecule has 1 aromatic carbocycles. The van der Waals surface area contributed by atoms with E-state index in [-0.39, 0.29) is 0 Å². The summed E-state index contributed by atoms with van der Waals surface area (Å²) >= 11 is 6.88. The predicted molar refractivity (Wildman–Crippen MR) is 74.6 cm³/mol. The van der Waals surface area contributed by atoms with Gasteiger partial charge in [-0.3, -0.25) is 4.98 Å². The number of ether oxygens (including phenoxy) is 1. The van der Waals surface area contributed by atoms with Crippen molar-refractivity contribution in [1.29, 1.82) is 0 Å². The van der Waals surface area contributed by atoms with Crippen LogP contribution in [0.3, 0.4) is 0 Å². The van der Waals surface area contributed by atoms with Gasteiger partial charge in [-0.15, -0.1) is 0 Å². The van der Waals surface area contributed by atoms with Crippen molar-refractivity contribution in [3.05, 3.63) is 62.8 Å². The summed E-state index contributed by atoms with van der Waals surface area (Å²) in [5, 5.41) is 0. The molecule has 4 heteroatoms. The molecule has 0 N–H and O–H groups in total. The molecule has 0 spiro atoms.